The van der Waals surface area contributed by atoms with Crippen LogP contribution >= 0.6 is 50.7 Å². The van der Waals surface area contributed by atoms with E-state index in [1.54, 1.807) is 30.3 Å². The maximum Gasteiger partial charge on any atom is 0.257 e. The minimum absolute atomic E-state index is 0.501. The summed E-state index contributed by atoms with van der Waals surface area (Å²) in [5, 5.41) is 7.26. The molecule has 0 saturated carbocycles. The molecule has 128 valence electrons. The molecule has 1 amide bonds. The highest BCUT2D eigenvalue weighted by atomic mass is 79.9. The zero-order valence-electron chi connectivity index (χ0n) is 12.5. The predicted octanol–water partition coefficient (Wildman–Crippen LogP) is 6.17. The molecule has 3 rings (SSSR count). The fraction of sp³-hybridized carbons (Fsp3) is 0.0588. The van der Waals surface area contributed by atoms with E-state index in [0.29, 0.717) is 22.2 Å². The Morgan fingerprint density at radius 3 is 2.64 bits per heavy atom. The number of carbonyl (C=O) groups excluding carboxylic acids is 1. The molecule has 0 bridgehead atoms. The normalized spacial score (nSPS) is 10.9. The van der Waals surface area contributed by atoms with Crippen LogP contribution in [0, 0.1) is 0 Å². The first-order valence-corrected chi connectivity index (χ1v) is 9.10. The van der Waals surface area contributed by atoms with E-state index < -0.39 is 10.7 Å². The number of rotatable bonds is 4. The first kappa shape index (κ1) is 18.3. The first-order valence-electron chi connectivity index (χ1n) is 7.06. The second kappa shape index (κ2) is 7.79. The van der Waals surface area contributed by atoms with Crippen molar-refractivity contribution in [2.45, 2.75) is 4.84 Å². The van der Waals surface area contributed by atoms with E-state index >= 15 is 0 Å². The van der Waals surface area contributed by atoms with Gasteiger partial charge in [-0.3, -0.25) is 4.79 Å². The number of benzene rings is 2. The first-order chi connectivity index (χ1) is 12.0. The number of aromatic nitrogens is 1. The lowest BCUT2D eigenvalue weighted by Gasteiger charge is -2.06. The lowest BCUT2D eigenvalue weighted by molar-refractivity contribution is -0.114. The Balaban J connectivity index is 1.92. The summed E-state index contributed by atoms with van der Waals surface area (Å²) >= 11 is 20.8. The van der Waals surface area contributed by atoms with E-state index in [2.05, 4.69) is 26.4 Å². The summed E-state index contributed by atoms with van der Waals surface area (Å²) in [6.45, 7) is 0. The van der Waals surface area contributed by atoms with Crippen LogP contribution in [0.5, 0.6) is 0 Å². The van der Waals surface area contributed by atoms with Crippen molar-refractivity contribution < 1.29 is 9.32 Å². The van der Waals surface area contributed by atoms with Crippen LogP contribution < -0.4 is 5.32 Å². The standard InChI is InChI=1S/C17H10BrCl3N2O2/c18-11-5-2-6-12(19)15(11)13-8-14(25-23-13)9-3-1-4-10(7-9)22-17(24)16(20)21/h1-8,16H,(H,22,24). The van der Waals surface area contributed by atoms with E-state index in [1.807, 2.05) is 18.2 Å². The number of hydrogen-bond donors (Lipinski definition) is 1. The average molecular weight is 461 g/mol. The summed E-state index contributed by atoms with van der Waals surface area (Å²) in [6, 6.07) is 14.3. The highest BCUT2D eigenvalue weighted by molar-refractivity contribution is 9.10. The molecule has 1 N–H and O–H groups in total. The van der Waals surface area contributed by atoms with Crippen LogP contribution in [0.4, 0.5) is 5.69 Å². The zero-order valence-corrected chi connectivity index (χ0v) is 16.3. The molecular formula is C17H10BrCl3N2O2. The van der Waals surface area contributed by atoms with Gasteiger partial charge in [-0.1, -0.05) is 74.1 Å². The van der Waals surface area contributed by atoms with Gasteiger partial charge in [0.15, 0.2) is 10.6 Å². The smallest absolute Gasteiger partial charge is 0.257 e. The Morgan fingerprint density at radius 2 is 1.92 bits per heavy atom. The van der Waals surface area contributed by atoms with E-state index in [-0.39, 0.29) is 0 Å². The molecule has 0 spiro atoms. The maximum absolute atomic E-state index is 11.6. The highest BCUT2D eigenvalue weighted by Crippen LogP contribution is 2.36. The Hall–Kier alpha value is -1.53. The summed E-state index contributed by atoms with van der Waals surface area (Å²) in [4.78, 5) is 10.5. The van der Waals surface area contributed by atoms with Crippen molar-refractivity contribution in [1.82, 2.24) is 5.16 Å². The molecule has 0 fully saturated rings. The second-order valence-electron chi connectivity index (χ2n) is 5.04. The monoisotopic (exact) mass is 458 g/mol. The van der Waals surface area contributed by atoms with Gasteiger partial charge in [0.2, 0.25) is 0 Å². The maximum atomic E-state index is 11.6. The van der Waals surface area contributed by atoms with Crippen LogP contribution in [0.15, 0.2) is 57.5 Å². The Kier molecular flexibility index (Phi) is 5.69. The molecule has 0 radical (unpaired) electrons. The van der Waals surface area contributed by atoms with Gasteiger partial charge in [0.25, 0.3) is 5.91 Å². The van der Waals surface area contributed by atoms with E-state index in [9.17, 15) is 4.79 Å². The highest BCUT2D eigenvalue weighted by Gasteiger charge is 2.15. The van der Waals surface area contributed by atoms with Crippen molar-refractivity contribution >= 4 is 62.3 Å². The lowest BCUT2D eigenvalue weighted by Crippen LogP contribution is -2.18. The minimum atomic E-state index is -1.14. The predicted molar refractivity (Wildman–Crippen MR) is 104 cm³/mol. The molecule has 0 aliphatic heterocycles. The van der Waals surface area contributed by atoms with E-state index in [1.165, 1.54) is 0 Å². The van der Waals surface area contributed by atoms with Gasteiger partial charge in [0.05, 0.1) is 5.02 Å². The average Bonchev–Trinajstić information content (AvgIpc) is 3.04. The van der Waals surface area contributed by atoms with Gasteiger partial charge in [-0.25, -0.2) is 0 Å². The van der Waals surface area contributed by atoms with Crippen molar-refractivity contribution in [1.29, 1.82) is 0 Å². The van der Waals surface area contributed by atoms with Crippen molar-refractivity contribution in [2.75, 3.05) is 5.32 Å². The topological polar surface area (TPSA) is 55.1 Å². The molecule has 0 aliphatic rings. The van der Waals surface area contributed by atoms with Crippen molar-refractivity contribution in [3.05, 3.63) is 58.0 Å². The molecule has 25 heavy (non-hydrogen) atoms. The fourth-order valence-electron chi connectivity index (χ4n) is 2.22. The summed E-state index contributed by atoms with van der Waals surface area (Å²) < 4.78 is 6.24. The van der Waals surface area contributed by atoms with Gasteiger partial charge in [0, 0.05) is 27.4 Å². The van der Waals surface area contributed by atoms with Crippen LogP contribution in [-0.4, -0.2) is 15.9 Å². The molecule has 0 saturated heterocycles. The molecule has 0 unspecified atom stereocenters. The van der Waals surface area contributed by atoms with Gasteiger partial charge < -0.3 is 9.84 Å². The quantitative estimate of drug-likeness (QED) is 0.474. The fourth-order valence-corrected chi connectivity index (χ4v) is 3.28. The third-order valence-corrected chi connectivity index (χ3v) is 4.71. The molecule has 0 atom stereocenters. The summed E-state index contributed by atoms with van der Waals surface area (Å²) in [7, 11) is 0. The van der Waals surface area contributed by atoms with E-state index in [0.717, 1.165) is 15.6 Å². The molecule has 4 nitrogen and oxygen atoms in total. The largest absolute Gasteiger partial charge is 0.356 e. The molecule has 3 aromatic rings. The van der Waals surface area contributed by atoms with Gasteiger partial charge >= 0.3 is 0 Å². The lowest BCUT2D eigenvalue weighted by atomic mass is 10.1. The van der Waals surface area contributed by atoms with Gasteiger partial charge in [-0.05, 0) is 24.3 Å². The number of amides is 1. The SMILES string of the molecule is O=C(Nc1cccc(-c2cc(-c3c(Cl)cccc3Br)no2)c1)C(Cl)Cl. The van der Waals surface area contributed by atoms with Crippen LogP contribution in [0.2, 0.25) is 5.02 Å². The number of nitrogens with one attached hydrogen (secondary N) is 1. The van der Waals surface area contributed by atoms with Gasteiger partial charge in [0.1, 0.15) is 5.69 Å². The van der Waals surface area contributed by atoms with Crippen LogP contribution in [0.3, 0.4) is 0 Å². The van der Waals surface area contributed by atoms with E-state index in [4.69, 9.17) is 39.3 Å². The van der Waals surface area contributed by atoms with Crippen LogP contribution in [0.1, 0.15) is 0 Å². The molecule has 8 heteroatoms. The Labute approximate surface area is 167 Å². The van der Waals surface area contributed by atoms with Crippen LogP contribution in [-0.2, 0) is 4.79 Å². The number of halogens is 4. The van der Waals surface area contributed by atoms with Gasteiger partial charge in [-0.15, -0.1) is 0 Å². The Morgan fingerprint density at radius 1 is 1.16 bits per heavy atom. The molecule has 1 aromatic heterocycles. The zero-order chi connectivity index (χ0) is 18.0. The molecule has 1 heterocycles. The van der Waals surface area contributed by atoms with Gasteiger partial charge in [-0.2, -0.15) is 0 Å². The minimum Gasteiger partial charge on any atom is -0.356 e. The van der Waals surface area contributed by atoms with Crippen molar-refractivity contribution in [3.63, 3.8) is 0 Å². The molecule has 2 aromatic carbocycles. The van der Waals surface area contributed by atoms with Crippen molar-refractivity contribution in [2.24, 2.45) is 0 Å². The number of hydrogen-bond acceptors (Lipinski definition) is 3. The third kappa shape index (κ3) is 4.18. The molecular weight excluding hydrogens is 450 g/mol. The summed E-state index contributed by atoms with van der Waals surface area (Å²) in [6.07, 6.45) is 0. The van der Waals surface area contributed by atoms with Crippen molar-refractivity contribution in [3.8, 4) is 22.6 Å². The number of carbonyl (C=O) groups is 1. The third-order valence-electron chi connectivity index (χ3n) is 3.34. The number of alkyl halides is 2. The number of anilines is 1. The number of nitrogens with zero attached hydrogens (tertiary/aromatic N) is 1. The van der Waals surface area contributed by atoms with Crippen LogP contribution in [0.25, 0.3) is 22.6 Å². The summed E-state index contributed by atoms with van der Waals surface area (Å²) in [5.74, 6) is 0.0324. The molecule has 0 aliphatic carbocycles. The second-order valence-corrected chi connectivity index (χ2v) is 7.40. The Bertz CT molecular complexity index is 908. The summed E-state index contributed by atoms with van der Waals surface area (Å²) in [5.41, 5.74) is 2.63.